The van der Waals surface area contributed by atoms with Crippen LogP contribution >= 0.6 is 12.2 Å². The van der Waals surface area contributed by atoms with Crippen molar-refractivity contribution in [2.75, 3.05) is 33.3 Å². The fraction of sp³-hybridized carbons (Fsp3) is 0.846. The zero-order chi connectivity index (χ0) is 14.4. The molecule has 0 radical (unpaired) electrons. The highest BCUT2D eigenvalue weighted by Gasteiger charge is 2.30. The van der Waals surface area contributed by atoms with E-state index in [2.05, 4.69) is 11.8 Å². The molecule has 3 N–H and O–H groups in total. The summed E-state index contributed by atoms with van der Waals surface area (Å²) in [5.74, 6) is 0.611. The molecule has 0 saturated carbocycles. The van der Waals surface area contributed by atoms with Crippen LogP contribution in [0.2, 0.25) is 0 Å². The van der Waals surface area contributed by atoms with Crippen LogP contribution < -0.4 is 5.73 Å². The first-order valence-electron chi connectivity index (χ1n) is 6.83. The molecule has 1 amide bonds. The Morgan fingerprint density at radius 3 is 2.79 bits per heavy atom. The SMILES string of the molecule is CC1CCN(CCC(=O)N(C)CCC(N)=S)C1CO. The third-order valence-electron chi connectivity index (χ3n) is 3.92. The Morgan fingerprint density at radius 2 is 2.21 bits per heavy atom. The van der Waals surface area contributed by atoms with E-state index in [1.807, 2.05) is 0 Å². The quantitative estimate of drug-likeness (QED) is 0.655. The number of carbonyl (C=O) groups is 1. The second kappa shape index (κ2) is 7.77. The van der Waals surface area contributed by atoms with E-state index in [0.717, 1.165) is 13.0 Å². The second-order valence-electron chi connectivity index (χ2n) is 5.33. The summed E-state index contributed by atoms with van der Waals surface area (Å²) in [6.07, 6.45) is 2.14. The lowest BCUT2D eigenvalue weighted by atomic mass is 10.0. The molecule has 6 heteroatoms. The number of aliphatic hydroxyl groups excluding tert-OH is 1. The summed E-state index contributed by atoms with van der Waals surface area (Å²) < 4.78 is 0. The van der Waals surface area contributed by atoms with Crippen molar-refractivity contribution in [2.24, 2.45) is 11.7 Å². The van der Waals surface area contributed by atoms with Crippen LogP contribution in [0.3, 0.4) is 0 Å². The molecule has 2 atom stereocenters. The van der Waals surface area contributed by atoms with Crippen molar-refractivity contribution < 1.29 is 9.90 Å². The number of amides is 1. The topological polar surface area (TPSA) is 69.8 Å². The first-order chi connectivity index (χ1) is 8.95. The molecule has 0 bridgehead atoms. The summed E-state index contributed by atoms with van der Waals surface area (Å²) in [5, 5.41) is 9.36. The van der Waals surface area contributed by atoms with Crippen molar-refractivity contribution in [1.29, 1.82) is 0 Å². The zero-order valence-electron chi connectivity index (χ0n) is 11.8. The molecule has 0 aromatic rings. The molecule has 1 saturated heterocycles. The largest absolute Gasteiger partial charge is 0.395 e. The monoisotopic (exact) mass is 287 g/mol. The molecule has 1 aliphatic heterocycles. The van der Waals surface area contributed by atoms with Crippen LogP contribution in [-0.4, -0.2) is 65.1 Å². The summed E-state index contributed by atoms with van der Waals surface area (Å²) in [6, 6.07) is 0.203. The van der Waals surface area contributed by atoms with Gasteiger partial charge in [0, 0.05) is 39.0 Å². The summed E-state index contributed by atoms with van der Waals surface area (Å²) in [7, 11) is 1.77. The van der Waals surface area contributed by atoms with Crippen molar-refractivity contribution >= 4 is 23.1 Å². The predicted octanol–water partition coefficient (Wildman–Crippen LogP) is 0.214. The third-order valence-corrected chi connectivity index (χ3v) is 4.12. The highest BCUT2D eigenvalue weighted by molar-refractivity contribution is 7.80. The third kappa shape index (κ3) is 5.04. The maximum absolute atomic E-state index is 11.9. The van der Waals surface area contributed by atoms with Gasteiger partial charge in [-0.05, 0) is 18.9 Å². The molecule has 1 fully saturated rings. The highest BCUT2D eigenvalue weighted by atomic mass is 32.1. The van der Waals surface area contributed by atoms with Crippen molar-refractivity contribution in [3.05, 3.63) is 0 Å². The van der Waals surface area contributed by atoms with E-state index < -0.39 is 0 Å². The van der Waals surface area contributed by atoms with Crippen LogP contribution in [0.25, 0.3) is 0 Å². The second-order valence-corrected chi connectivity index (χ2v) is 5.86. The van der Waals surface area contributed by atoms with Crippen molar-refractivity contribution in [3.63, 3.8) is 0 Å². The Morgan fingerprint density at radius 1 is 1.53 bits per heavy atom. The van der Waals surface area contributed by atoms with E-state index in [9.17, 15) is 9.90 Å². The molecule has 1 rings (SSSR count). The normalized spacial score (nSPS) is 23.5. The molecule has 1 aliphatic rings. The van der Waals surface area contributed by atoms with Crippen LogP contribution in [0.1, 0.15) is 26.2 Å². The Bertz CT molecular complexity index is 325. The number of nitrogens with zero attached hydrogens (tertiary/aromatic N) is 2. The van der Waals surface area contributed by atoms with Gasteiger partial charge >= 0.3 is 0 Å². The van der Waals surface area contributed by atoms with Crippen LogP contribution in [0.15, 0.2) is 0 Å². The van der Waals surface area contributed by atoms with E-state index in [1.165, 1.54) is 0 Å². The molecule has 1 heterocycles. The molecule has 0 aliphatic carbocycles. The number of likely N-dealkylation sites (tertiary alicyclic amines) is 1. The van der Waals surface area contributed by atoms with Gasteiger partial charge in [0.15, 0.2) is 0 Å². The molecule has 19 heavy (non-hydrogen) atoms. The molecule has 0 aromatic carbocycles. The van der Waals surface area contributed by atoms with E-state index in [0.29, 0.717) is 36.8 Å². The first kappa shape index (κ1) is 16.3. The van der Waals surface area contributed by atoms with Gasteiger partial charge in [0.05, 0.1) is 11.6 Å². The maximum atomic E-state index is 11.9. The molecule has 2 unspecified atom stereocenters. The minimum Gasteiger partial charge on any atom is -0.395 e. The van der Waals surface area contributed by atoms with Crippen molar-refractivity contribution in [1.82, 2.24) is 9.80 Å². The summed E-state index contributed by atoms with van der Waals surface area (Å²) in [6.45, 7) is 4.58. The molecular weight excluding hydrogens is 262 g/mol. The lowest BCUT2D eigenvalue weighted by Gasteiger charge is -2.25. The van der Waals surface area contributed by atoms with Gasteiger partial charge in [-0.3, -0.25) is 9.69 Å². The number of carbonyl (C=O) groups excluding carboxylic acids is 1. The lowest BCUT2D eigenvalue weighted by molar-refractivity contribution is -0.130. The maximum Gasteiger partial charge on any atom is 0.223 e. The van der Waals surface area contributed by atoms with Crippen LogP contribution in [-0.2, 0) is 4.79 Å². The number of rotatable bonds is 7. The Balaban J connectivity index is 2.31. The van der Waals surface area contributed by atoms with Crippen LogP contribution in [0, 0.1) is 5.92 Å². The molecule has 5 nitrogen and oxygen atoms in total. The fourth-order valence-electron chi connectivity index (χ4n) is 2.49. The molecule has 110 valence electrons. The van der Waals surface area contributed by atoms with Gasteiger partial charge in [0.25, 0.3) is 0 Å². The van der Waals surface area contributed by atoms with Crippen LogP contribution in [0.5, 0.6) is 0 Å². The van der Waals surface area contributed by atoms with Gasteiger partial charge in [-0.2, -0.15) is 0 Å². The molecular formula is C13H25N3O2S. The van der Waals surface area contributed by atoms with Crippen molar-refractivity contribution in [2.45, 2.75) is 32.2 Å². The summed E-state index contributed by atoms with van der Waals surface area (Å²) in [4.78, 5) is 16.3. The van der Waals surface area contributed by atoms with E-state index >= 15 is 0 Å². The summed E-state index contributed by atoms with van der Waals surface area (Å²) >= 11 is 4.80. The minimum atomic E-state index is 0.104. The van der Waals surface area contributed by atoms with Gasteiger partial charge in [0.1, 0.15) is 0 Å². The zero-order valence-corrected chi connectivity index (χ0v) is 12.7. The van der Waals surface area contributed by atoms with Gasteiger partial charge in [0.2, 0.25) is 5.91 Å². The average molecular weight is 287 g/mol. The number of thiocarbonyl (C=S) groups is 1. The Hall–Kier alpha value is -0.720. The Labute approximate surface area is 120 Å². The van der Waals surface area contributed by atoms with Gasteiger partial charge in [-0.25, -0.2) is 0 Å². The minimum absolute atomic E-state index is 0.104. The van der Waals surface area contributed by atoms with Crippen LogP contribution in [0.4, 0.5) is 0 Å². The van der Waals surface area contributed by atoms with E-state index in [-0.39, 0.29) is 18.6 Å². The van der Waals surface area contributed by atoms with Gasteiger partial charge < -0.3 is 15.7 Å². The lowest BCUT2D eigenvalue weighted by Crippen LogP contribution is -2.38. The highest BCUT2D eigenvalue weighted by Crippen LogP contribution is 2.23. The Kier molecular flexibility index (Phi) is 6.68. The number of nitrogens with two attached hydrogens (primary N) is 1. The average Bonchev–Trinajstić information content (AvgIpc) is 2.73. The van der Waals surface area contributed by atoms with Gasteiger partial charge in [-0.1, -0.05) is 19.1 Å². The van der Waals surface area contributed by atoms with E-state index in [4.69, 9.17) is 18.0 Å². The first-order valence-corrected chi connectivity index (χ1v) is 7.23. The summed E-state index contributed by atoms with van der Waals surface area (Å²) in [5.41, 5.74) is 5.42. The molecule has 0 aromatic heterocycles. The standard InChI is InChI=1S/C13H25N3O2S/c1-10-3-7-16(11(10)9-17)8-5-13(18)15(2)6-4-12(14)19/h10-11,17H,3-9H2,1-2H3,(H2,14,19). The predicted molar refractivity (Wildman–Crippen MR) is 79.9 cm³/mol. The van der Waals surface area contributed by atoms with Crippen molar-refractivity contribution in [3.8, 4) is 0 Å². The number of aliphatic hydroxyl groups is 1. The van der Waals surface area contributed by atoms with Gasteiger partial charge in [-0.15, -0.1) is 0 Å². The smallest absolute Gasteiger partial charge is 0.223 e. The fourth-order valence-corrected chi connectivity index (χ4v) is 2.58. The number of hydrogen-bond acceptors (Lipinski definition) is 4. The van der Waals surface area contributed by atoms with E-state index in [1.54, 1.807) is 11.9 Å². The number of hydrogen-bond donors (Lipinski definition) is 2. The molecule has 0 spiro atoms.